The van der Waals surface area contributed by atoms with Gasteiger partial charge in [-0.05, 0) is 31.9 Å². The van der Waals surface area contributed by atoms with Crippen molar-refractivity contribution in [2.45, 2.75) is 20.3 Å². The minimum Gasteiger partial charge on any atom is -0.508 e. The quantitative estimate of drug-likeness (QED) is 0.681. The highest BCUT2D eigenvalue weighted by atomic mass is 16.3. The molecule has 69 valence electrons. The zero-order valence-corrected chi connectivity index (χ0v) is 7.83. The maximum atomic E-state index is 9.39. The Hall–Kier alpha value is -1.44. The van der Waals surface area contributed by atoms with Crippen LogP contribution in [0.15, 0.2) is 23.8 Å². The molecule has 13 heavy (non-hydrogen) atoms. The monoisotopic (exact) mass is 177 g/mol. The van der Waals surface area contributed by atoms with E-state index in [2.05, 4.69) is 6.07 Å². The van der Waals surface area contributed by atoms with Crippen LogP contribution >= 0.6 is 0 Å². The molecule has 2 nitrogen and oxygen atoms in total. The molecule has 0 atom stereocenters. The van der Waals surface area contributed by atoms with E-state index in [0.29, 0.717) is 6.42 Å². The lowest BCUT2D eigenvalue weighted by Crippen LogP contribution is -1.83. The molecule has 0 aliphatic heterocycles. The molecule has 0 spiro atoms. The highest BCUT2D eigenvalue weighted by Gasteiger charge is 2.00. The van der Waals surface area contributed by atoms with E-state index in [9.17, 15) is 5.11 Å². The molecule has 0 saturated heterocycles. The summed E-state index contributed by atoms with van der Waals surface area (Å²) in [5.41, 5.74) is 1.98. The number of allylic oxidation sites excluding steroid dienone is 2. The summed E-state index contributed by atoms with van der Waals surface area (Å²) in [5.74, 6) is 0.0900. The second-order valence-electron chi connectivity index (χ2n) is 3.21. The van der Waals surface area contributed by atoms with Gasteiger partial charge in [-0.1, -0.05) is 11.6 Å². The van der Waals surface area contributed by atoms with Gasteiger partial charge < -0.3 is 10.2 Å². The van der Waals surface area contributed by atoms with Crippen LogP contribution in [-0.2, 0) is 6.42 Å². The fourth-order valence-corrected chi connectivity index (χ4v) is 0.976. The number of phenolic OH excluding ortho intramolecular Hbond substituents is 2. The van der Waals surface area contributed by atoms with Crippen molar-refractivity contribution in [1.82, 2.24) is 0 Å². The van der Waals surface area contributed by atoms with Crippen LogP contribution in [0.1, 0.15) is 19.4 Å². The number of benzene rings is 1. The summed E-state index contributed by atoms with van der Waals surface area (Å²) in [5, 5.41) is 18.4. The van der Waals surface area contributed by atoms with Crippen molar-refractivity contribution in [3.8, 4) is 11.5 Å². The molecule has 1 aromatic rings. The normalized spacial score (nSPS) is 9.69. The summed E-state index contributed by atoms with van der Waals surface area (Å²) >= 11 is 0. The zero-order chi connectivity index (χ0) is 9.84. The first-order valence-corrected chi connectivity index (χ1v) is 4.15. The van der Waals surface area contributed by atoms with E-state index in [-0.39, 0.29) is 11.5 Å². The Morgan fingerprint density at radius 1 is 1.46 bits per heavy atom. The average molecular weight is 177 g/mol. The predicted octanol–water partition coefficient (Wildman–Crippen LogP) is 2.41. The molecule has 0 aliphatic carbocycles. The van der Waals surface area contributed by atoms with Gasteiger partial charge in [-0.25, -0.2) is 0 Å². The Balaban J connectivity index is 2.84. The molecule has 1 aromatic carbocycles. The van der Waals surface area contributed by atoms with Gasteiger partial charge in [0.2, 0.25) is 0 Å². The number of phenols is 2. The second kappa shape index (κ2) is 3.99. The number of hydrogen-bond donors (Lipinski definition) is 2. The van der Waals surface area contributed by atoms with Crippen molar-refractivity contribution < 1.29 is 10.2 Å². The SMILES string of the molecule is CC(C)=CCc1c[c]c(O)cc1O. The molecule has 0 aromatic heterocycles. The number of hydrogen-bond acceptors (Lipinski definition) is 2. The molecule has 0 fully saturated rings. The van der Waals surface area contributed by atoms with Crippen LogP contribution in [-0.4, -0.2) is 10.2 Å². The highest BCUT2D eigenvalue weighted by molar-refractivity contribution is 5.39. The Kier molecular flexibility index (Phi) is 2.96. The molecule has 0 amide bonds. The minimum absolute atomic E-state index is 0.0292. The second-order valence-corrected chi connectivity index (χ2v) is 3.21. The van der Waals surface area contributed by atoms with Crippen LogP contribution in [0.4, 0.5) is 0 Å². The van der Waals surface area contributed by atoms with Gasteiger partial charge in [-0.2, -0.15) is 0 Å². The van der Waals surface area contributed by atoms with Gasteiger partial charge in [0.25, 0.3) is 0 Å². The van der Waals surface area contributed by atoms with Crippen LogP contribution in [0.5, 0.6) is 11.5 Å². The van der Waals surface area contributed by atoms with Gasteiger partial charge in [-0.15, -0.1) is 0 Å². The molecule has 2 N–H and O–H groups in total. The van der Waals surface area contributed by atoms with Gasteiger partial charge in [0.1, 0.15) is 11.5 Å². The van der Waals surface area contributed by atoms with Crippen LogP contribution in [0.3, 0.4) is 0 Å². The summed E-state index contributed by atoms with van der Waals surface area (Å²) in [6, 6.07) is 5.53. The van der Waals surface area contributed by atoms with E-state index in [1.807, 2.05) is 19.9 Å². The van der Waals surface area contributed by atoms with Crippen LogP contribution in [0.2, 0.25) is 0 Å². The molecular weight excluding hydrogens is 164 g/mol. The summed E-state index contributed by atoms with van der Waals surface area (Å²) < 4.78 is 0. The van der Waals surface area contributed by atoms with Gasteiger partial charge in [0, 0.05) is 12.1 Å². The summed E-state index contributed by atoms with van der Waals surface area (Å²) in [7, 11) is 0. The Morgan fingerprint density at radius 2 is 2.15 bits per heavy atom. The smallest absolute Gasteiger partial charge is 0.127 e. The first-order chi connectivity index (χ1) is 6.09. The maximum Gasteiger partial charge on any atom is 0.127 e. The van der Waals surface area contributed by atoms with Crippen LogP contribution in [0, 0.1) is 6.07 Å². The first kappa shape index (κ1) is 9.65. The molecule has 0 saturated carbocycles. The lowest BCUT2D eigenvalue weighted by atomic mass is 10.1. The third-order valence-corrected chi connectivity index (χ3v) is 1.73. The van der Waals surface area contributed by atoms with Gasteiger partial charge in [0.05, 0.1) is 0 Å². The van der Waals surface area contributed by atoms with Gasteiger partial charge in [0.15, 0.2) is 0 Å². The van der Waals surface area contributed by atoms with Crippen molar-refractivity contribution in [3.63, 3.8) is 0 Å². The fraction of sp³-hybridized carbons (Fsp3) is 0.273. The first-order valence-electron chi connectivity index (χ1n) is 4.15. The van der Waals surface area contributed by atoms with E-state index >= 15 is 0 Å². The molecule has 0 unspecified atom stereocenters. The number of aromatic hydroxyl groups is 2. The minimum atomic E-state index is -0.0292. The zero-order valence-electron chi connectivity index (χ0n) is 7.83. The molecular formula is C11H13O2. The molecule has 1 radical (unpaired) electrons. The van der Waals surface area contributed by atoms with Crippen molar-refractivity contribution >= 4 is 0 Å². The van der Waals surface area contributed by atoms with Crippen molar-refractivity contribution in [3.05, 3.63) is 35.4 Å². The number of rotatable bonds is 2. The fourth-order valence-electron chi connectivity index (χ4n) is 0.976. The van der Waals surface area contributed by atoms with Crippen molar-refractivity contribution in [2.24, 2.45) is 0 Å². The molecule has 2 heteroatoms. The molecule has 1 rings (SSSR count). The van der Waals surface area contributed by atoms with E-state index < -0.39 is 0 Å². The third kappa shape index (κ3) is 2.82. The topological polar surface area (TPSA) is 40.5 Å². The van der Waals surface area contributed by atoms with Crippen LogP contribution in [0.25, 0.3) is 0 Å². The Labute approximate surface area is 78.2 Å². The third-order valence-electron chi connectivity index (χ3n) is 1.73. The van der Waals surface area contributed by atoms with E-state index in [0.717, 1.165) is 5.56 Å². The van der Waals surface area contributed by atoms with Crippen molar-refractivity contribution in [2.75, 3.05) is 0 Å². The van der Waals surface area contributed by atoms with Gasteiger partial charge in [-0.3, -0.25) is 0 Å². The largest absolute Gasteiger partial charge is 0.508 e. The molecule has 0 aliphatic rings. The Morgan fingerprint density at radius 3 is 2.69 bits per heavy atom. The summed E-state index contributed by atoms with van der Waals surface area (Å²) in [6.45, 7) is 4.00. The lowest BCUT2D eigenvalue weighted by molar-refractivity contribution is 0.446. The van der Waals surface area contributed by atoms with E-state index in [1.54, 1.807) is 6.07 Å². The highest BCUT2D eigenvalue weighted by Crippen LogP contribution is 2.22. The molecule has 0 heterocycles. The molecule has 0 bridgehead atoms. The van der Waals surface area contributed by atoms with Crippen LogP contribution < -0.4 is 0 Å². The predicted molar refractivity (Wildman–Crippen MR) is 51.7 cm³/mol. The summed E-state index contributed by atoms with van der Waals surface area (Å²) in [4.78, 5) is 0. The van der Waals surface area contributed by atoms with Crippen molar-refractivity contribution in [1.29, 1.82) is 0 Å². The maximum absolute atomic E-state index is 9.39. The van der Waals surface area contributed by atoms with Gasteiger partial charge >= 0.3 is 0 Å². The summed E-state index contributed by atoms with van der Waals surface area (Å²) in [6.07, 6.45) is 2.69. The standard InChI is InChI=1S/C11H13O2/c1-8(2)3-4-9-5-6-10(12)7-11(9)13/h3,5,7,12-13H,4H2,1-2H3. The average Bonchev–Trinajstić information content (AvgIpc) is 2.02. The Bertz CT molecular complexity index is 323. The van der Waals surface area contributed by atoms with E-state index in [4.69, 9.17) is 5.11 Å². The lowest BCUT2D eigenvalue weighted by Gasteiger charge is -2.01. The van der Waals surface area contributed by atoms with E-state index in [1.165, 1.54) is 11.6 Å².